The molecule has 0 aromatic carbocycles. The lowest BCUT2D eigenvalue weighted by Crippen LogP contribution is -2.49. The largest absolute Gasteiger partial charge is 0.464 e. The van der Waals surface area contributed by atoms with Crippen LogP contribution in [0.1, 0.15) is 109 Å². The molecule has 2 saturated heterocycles. The number of nitrogens with one attached hydrogen (secondary N) is 2. The molecule has 2 amide bonds. The Morgan fingerprint density at radius 2 is 1.07 bits per heavy atom. The van der Waals surface area contributed by atoms with Crippen LogP contribution in [0.3, 0.4) is 0 Å². The average Bonchev–Trinajstić information content (AvgIpc) is 3.65. The van der Waals surface area contributed by atoms with E-state index >= 15 is 0 Å². The van der Waals surface area contributed by atoms with Crippen LogP contribution in [0.15, 0.2) is 0 Å². The number of hydrogen-bond acceptors (Lipinski definition) is 13. The van der Waals surface area contributed by atoms with Gasteiger partial charge in [0.1, 0.15) is 18.3 Å². The first-order chi connectivity index (χ1) is 26.3. The first-order valence-electron chi connectivity index (χ1n) is 20.9. The maximum atomic E-state index is 11.9. The zero-order valence-corrected chi connectivity index (χ0v) is 42.8. The molecule has 2 fully saturated rings. The van der Waals surface area contributed by atoms with E-state index in [0.717, 1.165) is 6.54 Å². The Labute approximate surface area is 355 Å². The zero-order chi connectivity index (χ0) is 46.3. The molecule has 2 heterocycles. The number of carbonyl (C=O) groups is 4. The van der Waals surface area contributed by atoms with E-state index in [1.807, 2.05) is 20.8 Å². The number of amides is 2. The van der Waals surface area contributed by atoms with Crippen LogP contribution in [0, 0.1) is 0 Å². The molecule has 15 nitrogen and oxygen atoms in total. The first kappa shape index (κ1) is 60.6. The van der Waals surface area contributed by atoms with Gasteiger partial charge < -0.3 is 55.1 Å². The van der Waals surface area contributed by atoms with Gasteiger partial charge in [-0.3, -0.25) is 9.59 Å². The Bertz CT molecular complexity index is 1140. The number of carbonyl (C=O) groups excluding carboxylic acids is 4. The Balaban J connectivity index is -0.000000700. The van der Waals surface area contributed by atoms with Gasteiger partial charge in [0.25, 0.3) is 0 Å². The minimum Gasteiger partial charge on any atom is -0.464 e. The first-order valence-corrected chi connectivity index (χ1v) is 29.6. The van der Waals surface area contributed by atoms with Gasteiger partial charge in [-0.05, 0) is 87.8 Å². The molecule has 0 aromatic rings. The predicted octanol–water partition coefficient (Wildman–Crippen LogP) is 5.34. The molecule has 2 aliphatic rings. The molecule has 0 aromatic heterocycles. The van der Waals surface area contributed by atoms with E-state index in [0.29, 0.717) is 58.5 Å². The SMILES string of the molecule is CC(C)(C)[Si](C)(C)OC1CCOC1=O.CCN.CCNC(=O)C(CCN)O[Si](C)(C)C(C)(C)C.CCNC(=O)C(CCO)O[Si](C)(C)C(C)(C)C.O=C1OCCC1O. The summed E-state index contributed by atoms with van der Waals surface area (Å²) in [4.78, 5) is 45.0. The molecule has 0 spiro atoms. The number of cyclic esters (lactones) is 2. The van der Waals surface area contributed by atoms with E-state index in [-0.39, 0.29) is 45.6 Å². The molecule has 0 bridgehead atoms. The van der Waals surface area contributed by atoms with Crippen LogP contribution in [0.25, 0.3) is 0 Å². The molecule has 8 N–H and O–H groups in total. The van der Waals surface area contributed by atoms with Gasteiger partial charge in [0.2, 0.25) is 11.8 Å². The van der Waals surface area contributed by atoms with E-state index in [1.165, 1.54) is 0 Å². The van der Waals surface area contributed by atoms with Crippen LogP contribution in [-0.2, 0) is 41.9 Å². The molecule has 0 radical (unpaired) electrons. The smallest absolute Gasteiger partial charge is 0.335 e. The van der Waals surface area contributed by atoms with Crippen LogP contribution < -0.4 is 22.1 Å². The number of nitrogens with two attached hydrogens (primary N) is 2. The van der Waals surface area contributed by atoms with Gasteiger partial charge in [0.05, 0.1) is 13.2 Å². The zero-order valence-electron chi connectivity index (χ0n) is 39.8. The number of aliphatic hydroxyl groups excluding tert-OH is 2. The van der Waals surface area contributed by atoms with Gasteiger partial charge in [-0.2, -0.15) is 0 Å². The molecule has 18 heteroatoms. The molecule has 4 unspecified atom stereocenters. The fraction of sp³-hybridized carbons (Fsp3) is 0.900. The number of rotatable bonds is 14. The molecule has 2 aliphatic heterocycles. The van der Waals surface area contributed by atoms with Crippen LogP contribution in [0.5, 0.6) is 0 Å². The second-order valence-corrected chi connectivity index (χ2v) is 33.1. The van der Waals surface area contributed by atoms with Gasteiger partial charge in [0, 0.05) is 39.0 Å². The van der Waals surface area contributed by atoms with Crippen molar-refractivity contribution in [3.05, 3.63) is 0 Å². The van der Waals surface area contributed by atoms with E-state index in [4.69, 9.17) is 39.7 Å². The monoisotopic (exact) mass is 885 g/mol. The van der Waals surface area contributed by atoms with E-state index in [2.05, 4.69) is 117 Å². The van der Waals surface area contributed by atoms with Crippen molar-refractivity contribution < 1.29 is 52.1 Å². The summed E-state index contributed by atoms with van der Waals surface area (Å²) in [5.74, 6) is -0.830. The summed E-state index contributed by atoms with van der Waals surface area (Å²) in [5.41, 5.74) is 10.4. The molecular formula is C40H88N4O11Si3. The number of ether oxygens (including phenoxy) is 2. The highest BCUT2D eigenvalue weighted by Crippen LogP contribution is 2.39. The third-order valence-electron chi connectivity index (χ3n) is 10.6. The van der Waals surface area contributed by atoms with Crippen molar-refractivity contribution in [3.63, 3.8) is 0 Å². The summed E-state index contributed by atoms with van der Waals surface area (Å²) in [6, 6.07) is 0. The van der Waals surface area contributed by atoms with E-state index in [1.54, 1.807) is 0 Å². The van der Waals surface area contributed by atoms with Crippen molar-refractivity contribution in [2.75, 3.05) is 46.0 Å². The highest BCUT2D eigenvalue weighted by atomic mass is 28.4. The second kappa shape index (κ2) is 28.0. The molecular weight excluding hydrogens is 797 g/mol. The lowest BCUT2D eigenvalue weighted by molar-refractivity contribution is -0.145. The highest BCUT2D eigenvalue weighted by Gasteiger charge is 2.43. The summed E-state index contributed by atoms with van der Waals surface area (Å²) < 4.78 is 27.3. The lowest BCUT2D eigenvalue weighted by atomic mass is 10.2. The van der Waals surface area contributed by atoms with Crippen molar-refractivity contribution in [2.24, 2.45) is 11.5 Å². The number of likely N-dealkylation sites (N-methyl/N-ethyl adjacent to an activating group) is 2. The molecule has 4 atom stereocenters. The van der Waals surface area contributed by atoms with Crippen LogP contribution in [0.4, 0.5) is 0 Å². The van der Waals surface area contributed by atoms with Crippen molar-refractivity contribution in [2.45, 2.75) is 188 Å². The number of hydrogen-bond donors (Lipinski definition) is 6. The molecule has 346 valence electrons. The van der Waals surface area contributed by atoms with Crippen molar-refractivity contribution in [1.82, 2.24) is 10.6 Å². The van der Waals surface area contributed by atoms with Crippen molar-refractivity contribution in [1.29, 1.82) is 0 Å². The fourth-order valence-electron chi connectivity index (χ4n) is 4.00. The predicted molar refractivity (Wildman–Crippen MR) is 241 cm³/mol. The van der Waals surface area contributed by atoms with Gasteiger partial charge in [-0.15, -0.1) is 0 Å². The molecule has 2 rings (SSSR count). The fourth-order valence-corrected chi connectivity index (χ4v) is 7.86. The summed E-state index contributed by atoms with van der Waals surface area (Å²) >= 11 is 0. The Hall–Kier alpha value is -1.75. The molecule has 58 heavy (non-hydrogen) atoms. The van der Waals surface area contributed by atoms with Crippen LogP contribution >= 0.6 is 0 Å². The van der Waals surface area contributed by atoms with Gasteiger partial charge in [0.15, 0.2) is 31.1 Å². The van der Waals surface area contributed by atoms with Gasteiger partial charge in [-0.25, -0.2) is 9.59 Å². The number of aliphatic hydroxyl groups is 2. The van der Waals surface area contributed by atoms with Gasteiger partial charge in [-0.1, -0.05) is 69.2 Å². The highest BCUT2D eigenvalue weighted by molar-refractivity contribution is 6.75. The summed E-state index contributed by atoms with van der Waals surface area (Å²) in [5, 5.41) is 23.4. The second-order valence-electron chi connectivity index (χ2n) is 18.8. The standard InChI is InChI=1S/C12H28N2O2Si.C12H27NO3Si.C10H20O3Si.C4H6O3.C2H7N/c1-7-14-11(15)10(8-9-13)16-17(5,6)12(2,3)4;1-7-13-11(15)10(8-9-14)16-17(5,6)12(2,3)4;1-10(2,3)14(4,5)13-8-6-7-12-9(8)11;5-3-1-2-7-4(3)6;1-2-3/h10H,7-9,13H2,1-6H3,(H,14,15);10,14H,7-9H2,1-6H3,(H,13,15);8H,6-7H2,1-5H3;3,5H,1-2H2;2-3H2,1H3. The Morgan fingerprint density at radius 3 is 1.31 bits per heavy atom. The maximum absolute atomic E-state index is 11.9. The summed E-state index contributed by atoms with van der Waals surface area (Å²) in [6.45, 7) is 41.2. The third-order valence-corrected chi connectivity index (χ3v) is 24.1. The van der Waals surface area contributed by atoms with Gasteiger partial charge >= 0.3 is 11.9 Å². The van der Waals surface area contributed by atoms with Crippen LogP contribution in [-0.4, -0.2) is 129 Å². The Morgan fingerprint density at radius 1 is 0.707 bits per heavy atom. The lowest BCUT2D eigenvalue weighted by Gasteiger charge is -2.38. The van der Waals surface area contributed by atoms with E-state index < -0.39 is 49.2 Å². The maximum Gasteiger partial charge on any atom is 0.335 e. The minimum absolute atomic E-state index is 0.0313. The quantitative estimate of drug-likeness (QED) is 0.0957. The normalized spacial score (nSPS) is 18.2. The summed E-state index contributed by atoms with van der Waals surface area (Å²) in [6.07, 6.45) is 0.0264. The molecule has 0 saturated carbocycles. The number of esters is 2. The average molecular weight is 885 g/mol. The summed E-state index contributed by atoms with van der Waals surface area (Å²) in [7, 11) is -5.69. The molecule has 0 aliphatic carbocycles. The topological polar surface area (TPSA) is 231 Å². The minimum atomic E-state index is -1.97. The third kappa shape index (κ3) is 23.9. The van der Waals surface area contributed by atoms with Crippen molar-refractivity contribution in [3.8, 4) is 0 Å². The Kier molecular flexibility index (Phi) is 29.2. The van der Waals surface area contributed by atoms with Crippen molar-refractivity contribution >= 4 is 48.7 Å². The van der Waals surface area contributed by atoms with E-state index in [9.17, 15) is 19.2 Å². The van der Waals surface area contributed by atoms with Crippen LogP contribution in [0.2, 0.25) is 54.4 Å².